The first-order valence-electron chi connectivity index (χ1n) is 7.08. The highest BCUT2D eigenvalue weighted by atomic mass is 19.2. The number of halogens is 4. The normalized spacial score (nSPS) is 17.2. The Morgan fingerprint density at radius 1 is 1.00 bits per heavy atom. The van der Waals surface area contributed by atoms with Crippen molar-refractivity contribution in [1.29, 1.82) is 0 Å². The molecule has 114 valence electrons. The Kier molecular flexibility index (Phi) is 3.77. The number of hydrogen-bond donors (Lipinski definition) is 0. The van der Waals surface area contributed by atoms with Crippen LogP contribution in [-0.4, -0.2) is 0 Å². The minimum Gasteiger partial charge on any atom is -0.207 e. The zero-order chi connectivity index (χ0) is 15.9. The van der Waals surface area contributed by atoms with Gasteiger partial charge in [0.1, 0.15) is 11.6 Å². The van der Waals surface area contributed by atoms with Gasteiger partial charge in [-0.3, -0.25) is 0 Å². The van der Waals surface area contributed by atoms with Crippen LogP contribution in [0, 0.1) is 23.3 Å². The molecule has 0 aromatic heterocycles. The maximum atomic E-state index is 14.2. The molecule has 4 heteroatoms. The van der Waals surface area contributed by atoms with Crippen LogP contribution in [0.25, 0.3) is 6.08 Å². The molecule has 0 aliphatic heterocycles. The first-order chi connectivity index (χ1) is 10.5. The van der Waals surface area contributed by atoms with Gasteiger partial charge < -0.3 is 0 Å². The van der Waals surface area contributed by atoms with Gasteiger partial charge in [0.05, 0.1) is 0 Å². The van der Waals surface area contributed by atoms with Crippen molar-refractivity contribution in [3.8, 4) is 0 Å². The fourth-order valence-corrected chi connectivity index (χ4v) is 3.12. The average molecular weight is 306 g/mol. The van der Waals surface area contributed by atoms with Crippen molar-refractivity contribution in [2.75, 3.05) is 0 Å². The highest BCUT2D eigenvalue weighted by Gasteiger charge is 2.28. The van der Waals surface area contributed by atoms with Crippen LogP contribution in [0.5, 0.6) is 0 Å². The van der Waals surface area contributed by atoms with E-state index >= 15 is 0 Å². The van der Waals surface area contributed by atoms with Gasteiger partial charge in [0.2, 0.25) is 0 Å². The number of hydrogen-bond acceptors (Lipinski definition) is 0. The van der Waals surface area contributed by atoms with Crippen LogP contribution in [0.15, 0.2) is 30.8 Å². The van der Waals surface area contributed by atoms with Crippen LogP contribution in [-0.2, 0) is 12.8 Å². The van der Waals surface area contributed by atoms with Gasteiger partial charge in [0, 0.05) is 5.56 Å². The minimum absolute atomic E-state index is 0.0556. The van der Waals surface area contributed by atoms with Gasteiger partial charge in [-0.1, -0.05) is 18.7 Å². The summed E-state index contributed by atoms with van der Waals surface area (Å²) in [5.41, 5.74) is 1.23. The van der Waals surface area contributed by atoms with E-state index in [-0.39, 0.29) is 17.5 Å². The van der Waals surface area contributed by atoms with Crippen LogP contribution in [0.3, 0.4) is 0 Å². The molecule has 22 heavy (non-hydrogen) atoms. The molecule has 1 aliphatic carbocycles. The second kappa shape index (κ2) is 5.59. The molecule has 1 atom stereocenters. The fourth-order valence-electron chi connectivity index (χ4n) is 3.12. The second-order valence-corrected chi connectivity index (χ2v) is 5.54. The van der Waals surface area contributed by atoms with Crippen molar-refractivity contribution in [2.45, 2.75) is 25.2 Å². The lowest BCUT2D eigenvalue weighted by Gasteiger charge is -2.26. The molecule has 0 N–H and O–H groups in total. The largest absolute Gasteiger partial charge is 0.207 e. The van der Waals surface area contributed by atoms with E-state index < -0.39 is 29.2 Å². The molecule has 0 saturated carbocycles. The van der Waals surface area contributed by atoms with E-state index in [1.165, 1.54) is 24.3 Å². The van der Waals surface area contributed by atoms with E-state index in [1.54, 1.807) is 0 Å². The summed E-state index contributed by atoms with van der Waals surface area (Å²) in [5, 5.41) is 0. The molecule has 0 fully saturated rings. The third-order valence-electron chi connectivity index (χ3n) is 4.25. The van der Waals surface area contributed by atoms with Crippen molar-refractivity contribution in [3.05, 3.63) is 76.4 Å². The molecule has 3 rings (SSSR count). The van der Waals surface area contributed by atoms with E-state index in [2.05, 4.69) is 6.58 Å². The predicted molar refractivity (Wildman–Crippen MR) is 77.6 cm³/mol. The zero-order valence-electron chi connectivity index (χ0n) is 11.8. The zero-order valence-corrected chi connectivity index (χ0v) is 11.8. The molecule has 1 unspecified atom stereocenters. The Bertz CT molecular complexity index is 726. The average Bonchev–Trinajstić information content (AvgIpc) is 2.50. The van der Waals surface area contributed by atoms with E-state index in [1.807, 2.05) is 0 Å². The second-order valence-electron chi connectivity index (χ2n) is 5.54. The van der Waals surface area contributed by atoms with Crippen molar-refractivity contribution < 1.29 is 17.6 Å². The minimum atomic E-state index is -0.928. The van der Waals surface area contributed by atoms with Crippen LogP contribution < -0.4 is 0 Å². The molecule has 0 bridgehead atoms. The Labute approximate surface area is 126 Å². The highest BCUT2D eigenvalue weighted by molar-refractivity contribution is 5.49. The van der Waals surface area contributed by atoms with Crippen molar-refractivity contribution in [3.63, 3.8) is 0 Å². The van der Waals surface area contributed by atoms with Crippen molar-refractivity contribution >= 4 is 6.08 Å². The van der Waals surface area contributed by atoms with Crippen LogP contribution in [0.1, 0.15) is 34.6 Å². The quantitative estimate of drug-likeness (QED) is 0.672. The molecular weight excluding hydrogens is 292 g/mol. The lowest BCUT2D eigenvalue weighted by Crippen LogP contribution is -2.17. The molecule has 2 aromatic rings. The van der Waals surface area contributed by atoms with E-state index in [9.17, 15) is 17.6 Å². The molecule has 1 aliphatic rings. The Hall–Kier alpha value is -2.10. The Morgan fingerprint density at radius 2 is 1.68 bits per heavy atom. The topological polar surface area (TPSA) is 0 Å². The van der Waals surface area contributed by atoms with Crippen LogP contribution in [0.2, 0.25) is 0 Å². The summed E-state index contributed by atoms with van der Waals surface area (Å²) in [6.45, 7) is 3.48. The number of benzene rings is 2. The Morgan fingerprint density at radius 3 is 2.32 bits per heavy atom. The summed E-state index contributed by atoms with van der Waals surface area (Å²) >= 11 is 0. The molecule has 2 aromatic carbocycles. The fraction of sp³-hybridized carbons (Fsp3) is 0.222. The van der Waals surface area contributed by atoms with Crippen molar-refractivity contribution in [2.24, 2.45) is 0 Å². The molecule has 0 radical (unpaired) electrons. The summed E-state index contributed by atoms with van der Waals surface area (Å²) in [6.07, 6.45) is 2.43. The molecule has 0 nitrogen and oxygen atoms in total. The number of rotatable bonds is 2. The van der Waals surface area contributed by atoms with Gasteiger partial charge in [-0.25, -0.2) is 17.6 Å². The van der Waals surface area contributed by atoms with Gasteiger partial charge in [0.25, 0.3) is 0 Å². The van der Waals surface area contributed by atoms with Gasteiger partial charge in [-0.2, -0.15) is 0 Å². The van der Waals surface area contributed by atoms with Crippen LogP contribution >= 0.6 is 0 Å². The summed E-state index contributed by atoms with van der Waals surface area (Å²) in [7, 11) is 0. The molecular formula is C18H14F4. The number of aryl methyl sites for hydroxylation is 1. The summed E-state index contributed by atoms with van der Waals surface area (Å²) in [5.74, 6) is -3.67. The number of fused-ring (bicyclic) bond motifs is 1. The van der Waals surface area contributed by atoms with Crippen molar-refractivity contribution in [1.82, 2.24) is 0 Å². The van der Waals surface area contributed by atoms with Gasteiger partial charge >= 0.3 is 0 Å². The first-order valence-corrected chi connectivity index (χ1v) is 7.08. The third kappa shape index (κ3) is 2.43. The summed E-state index contributed by atoms with van der Waals surface area (Å²) in [6, 6.07) is 5.05. The smallest absolute Gasteiger partial charge is 0.162 e. The van der Waals surface area contributed by atoms with E-state index in [4.69, 9.17) is 0 Å². The Balaban J connectivity index is 2.02. The molecule has 0 amide bonds. The molecule has 0 heterocycles. The van der Waals surface area contributed by atoms with Gasteiger partial charge in [0.15, 0.2) is 11.6 Å². The standard InChI is InChI=1S/C18H14F4/c1-2-10-7-15(20)17(16(21)8-10)12-4-3-11-5-6-14(19)18(22)13(11)9-12/h2,5-8,12H,1,3-4,9H2. The highest BCUT2D eigenvalue weighted by Crippen LogP contribution is 2.37. The summed E-state index contributed by atoms with van der Waals surface area (Å²) < 4.78 is 55.6. The lowest BCUT2D eigenvalue weighted by atomic mass is 9.79. The monoisotopic (exact) mass is 306 g/mol. The van der Waals surface area contributed by atoms with E-state index in [0.717, 1.165) is 6.07 Å². The SMILES string of the molecule is C=Cc1cc(F)c(C2CCc3ccc(F)c(F)c3C2)c(F)c1. The summed E-state index contributed by atoms with van der Waals surface area (Å²) in [4.78, 5) is 0. The van der Waals surface area contributed by atoms with Gasteiger partial charge in [-0.15, -0.1) is 0 Å². The first kappa shape index (κ1) is 14.8. The maximum absolute atomic E-state index is 14.2. The maximum Gasteiger partial charge on any atom is 0.162 e. The molecule has 0 spiro atoms. The van der Waals surface area contributed by atoms with E-state index in [0.29, 0.717) is 24.0 Å². The van der Waals surface area contributed by atoms with Crippen LogP contribution in [0.4, 0.5) is 17.6 Å². The molecule has 0 saturated heterocycles. The van der Waals surface area contributed by atoms with Gasteiger partial charge in [-0.05, 0) is 60.1 Å². The lowest BCUT2D eigenvalue weighted by molar-refractivity contribution is 0.457. The third-order valence-corrected chi connectivity index (χ3v) is 4.25. The predicted octanol–water partition coefficient (Wildman–Crippen LogP) is 5.16.